The van der Waals surface area contributed by atoms with E-state index < -0.39 is 29.2 Å². The Kier molecular flexibility index (Phi) is 5.95. The fourth-order valence-electron chi connectivity index (χ4n) is 3.95. The van der Waals surface area contributed by atoms with Crippen molar-refractivity contribution in [1.29, 1.82) is 0 Å². The number of oxime groups is 1. The highest BCUT2D eigenvalue weighted by atomic mass is 32.2. The molecule has 5 heterocycles. The Morgan fingerprint density at radius 1 is 1.47 bits per heavy atom. The van der Waals surface area contributed by atoms with Gasteiger partial charge in [0, 0.05) is 16.0 Å². The number of hydrogen-bond donors (Lipinski definition) is 3. The summed E-state index contributed by atoms with van der Waals surface area (Å²) in [6, 6.07) is -0.898. The Bertz CT molecular complexity index is 1220. The van der Waals surface area contributed by atoms with E-state index in [-0.39, 0.29) is 27.5 Å². The second kappa shape index (κ2) is 8.92. The van der Waals surface area contributed by atoms with Gasteiger partial charge in [-0.25, -0.2) is 9.78 Å². The van der Waals surface area contributed by atoms with E-state index in [1.54, 1.807) is 18.0 Å². The van der Waals surface area contributed by atoms with Gasteiger partial charge in [-0.1, -0.05) is 5.16 Å². The molecular weight excluding hydrogens is 504 g/mol. The van der Waals surface area contributed by atoms with Gasteiger partial charge in [-0.05, 0) is 4.98 Å². The number of nitrogens with two attached hydrogens (primary N) is 1. The molecule has 4 N–H and O–H groups in total. The number of carbonyl (C=O) groups excluding carboxylic acids is 2. The summed E-state index contributed by atoms with van der Waals surface area (Å²) in [5.41, 5.74) is 5.72. The Balaban J connectivity index is 1.31. The maximum atomic E-state index is 13.0. The zero-order valence-corrected chi connectivity index (χ0v) is 20.1. The maximum absolute atomic E-state index is 13.0. The molecule has 0 bridgehead atoms. The Labute approximate surface area is 205 Å². The second-order valence-electron chi connectivity index (χ2n) is 7.50. The molecular formula is C18H19N8O5S3+. The summed E-state index contributed by atoms with van der Waals surface area (Å²) < 4.78 is 3.93. The van der Waals surface area contributed by atoms with E-state index in [0.717, 1.165) is 11.3 Å². The first kappa shape index (κ1) is 22.7. The number of fused-ring (bicyclic) bond motifs is 2. The van der Waals surface area contributed by atoms with Gasteiger partial charge >= 0.3 is 12.3 Å². The van der Waals surface area contributed by atoms with E-state index in [2.05, 4.69) is 20.4 Å². The molecule has 2 amide bonds. The molecule has 2 atom stereocenters. The Morgan fingerprint density at radius 3 is 2.97 bits per heavy atom. The predicted molar refractivity (Wildman–Crippen MR) is 124 cm³/mol. The van der Waals surface area contributed by atoms with Gasteiger partial charge in [0.2, 0.25) is 6.33 Å². The summed E-state index contributed by atoms with van der Waals surface area (Å²) in [6.45, 7) is 1.40. The highest BCUT2D eigenvalue weighted by Gasteiger charge is 2.55. The van der Waals surface area contributed by atoms with Gasteiger partial charge in [-0.2, -0.15) is 9.36 Å². The van der Waals surface area contributed by atoms with Gasteiger partial charge in [0.15, 0.2) is 10.8 Å². The fourth-order valence-corrected chi connectivity index (χ4v) is 7.33. The predicted octanol–water partition coefficient (Wildman–Crippen LogP) is -0.928. The van der Waals surface area contributed by atoms with Crippen LogP contribution in [-0.2, 0) is 32.3 Å². The van der Waals surface area contributed by atoms with Gasteiger partial charge in [0.1, 0.15) is 36.5 Å². The topological polar surface area (TPSA) is 169 Å². The van der Waals surface area contributed by atoms with E-state index in [4.69, 9.17) is 10.6 Å². The fraction of sp³-hybridized carbons (Fsp3) is 0.389. The number of carboxylic acids is 1. The van der Waals surface area contributed by atoms with Gasteiger partial charge in [-0.15, -0.1) is 34.9 Å². The average Bonchev–Trinajstić information content (AvgIpc) is 3.51. The maximum Gasteiger partial charge on any atom is 0.353 e. The smallest absolute Gasteiger partial charge is 0.353 e. The third-order valence-electron chi connectivity index (χ3n) is 5.40. The second-order valence-corrected chi connectivity index (χ2v) is 10.9. The number of aliphatic carboxylic acids is 1. The van der Waals surface area contributed by atoms with Crippen molar-refractivity contribution in [3.8, 4) is 0 Å². The van der Waals surface area contributed by atoms with Crippen molar-refractivity contribution < 1.29 is 29.0 Å². The Morgan fingerprint density at radius 2 is 2.29 bits per heavy atom. The van der Waals surface area contributed by atoms with Crippen molar-refractivity contribution in [3.05, 3.63) is 34.3 Å². The molecule has 0 unspecified atom stereocenters. The largest absolute Gasteiger partial charge is 0.477 e. The normalized spacial score (nSPS) is 23.9. The summed E-state index contributed by atoms with van der Waals surface area (Å²) >= 11 is 4.01. The van der Waals surface area contributed by atoms with Crippen LogP contribution in [0.2, 0.25) is 0 Å². The van der Waals surface area contributed by atoms with Crippen LogP contribution in [0.4, 0.5) is 5.13 Å². The molecule has 0 spiro atoms. The summed E-state index contributed by atoms with van der Waals surface area (Å²) in [5, 5.41) is 17.7. The number of nitrogens with zero attached hydrogens (tertiary/aromatic N) is 6. The minimum atomic E-state index is -1.17. The molecule has 0 aliphatic carbocycles. The van der Waals surface area contributed by atoms with E-state index in [1.165, 1.54) is 35.5 Å². The summed E-state index contributed by atoms with van der Waals surface area (Å²) in [5.74, 6) is -1.90. The number of nitrogens with one attached hydrogen (secondary N) is 1. The van der Waals surface area contributed by atoms with Crippen LogP contribution in [0, 0.1) is 0 Å². The summed E-state index contributed by atoms with van der Waals surface area (Å²) in [7, 11) is 1.29. The standard InChI is InChI=1S/C18H18N8O5S3/c1-31-23-11(9-4-33-18(19)21-9)14(27)22-12-15(28)26-13(17(29)30)10(5-32-16(12)26)34-8-2-24-6-20-7-25(24)3-8/h4,6-8,12,16H,2-3,5H2,1H3,(H3-,19,21,22,27,29,30)/p+1/b23-11-/t12-,16-/m1/s1. The molecule has 16 heteroatoms. The third-order valence-corrected chi connectivity index (χ3v) is 8.80. The SMILES string of the molecule is CO/N=C(\C(=O)N[C@@H]1C(=O)N2C(C(=O)O)=C(SC3Cn4cnc[n+]4C3)CS[C@H]12)c1csc(N)n1. The molecule has 2 aromatic heterocycles. The van der Waals surface area contributed by atoms with E-state index in [9.17, 15) is 19.5 Å². The lowest BCUT2D eigenvalue weighted by atomic mass is 10.0. The molecule has 3 aliphatic heterocycles. The number of rotatable bonds is 7. The molecule has 13 nitrogen and oxygen atoms in total. The first-order valence-corrected chi connectivity index (χ1v) is 12.8. The van der Waals surface area contributed by atoms with Crippen molar-refractivity contribution in [1.82, 2.24) is 24.9 Å². The van der Waals surface area contributed by atoms with Crippen LogP contribution in [0.3, 0.4) is 0 Å². The number of amides is 2. The number of aromatic nitrogens is 4. The molecule has 3 aliphatic rings. The highest BCUT2D eigenvalue weighted by Crippen LogP contribution is 2.44. The lowest BCUT2D eigenvalue weighted by molar-refractivity contribution is -0.758. The number of thiazole rings is 1. The van der Waals surface area contributed by atoms with E-state index >= 15 is 0 Å². The lowest BCUT2D eigenvalue weighted by Gasteiger charge is -2.49. The van der Waals surface area contributed by atoms with Gasteiger partial charge in [0.05, 0.1) is 11.8 Å². The summed E-state index contributed by atoms with van der Waals surface area (Å²) in [6.07, 6.45) is 3.46. The minimum Gasteiger partial charge on any atom is -0.477 e. The van der Waals surface area contributed by atoms with E-state index in [1.807, 2.05) is 9.36 Å². The number of anilines is 1. The molecule has 178 valence electrons. The van der Waals surface area contributed by atoms with Crippen molar-refractivity contribution >= 4 is 63.5 Å². The molecule has 0 saturated carbocycles. The Hall–Kier alpha value is -3.11. The van der Waals surface area contributed by atoms with Gasteiger partial charge in [0.25, 0.3) is 11.8 Å². The monoisotopic (exact) mass is 523 g/mol. The number of nitrogen functional groups attached to an aromatic ring is 1. The van der Waals surface area contributed by atoms with Crippen LogP contribution in [0.15, 0.2) is 33.8 Å². The molecule has 1 saturated heterocycles. The summed E-state index contributed by atoms with van der Waals surface area (Å²) in [4.78, 5) is 52.7. The number of β-lactam (4-membered cyclic amide) rings is 1. The highest BCUT2D eigenvalue weighted by molar-refractivity contribution is 8.06. The zero-order valence-electron chi connectivity index (χ0n) is 17.7. The van der Waals surface area contributed by atoms with Gasteiger partial charge in [-0.3, -0.25) is 14.5 Å². The number of carbonyl (C=O) groups is 3. The van der Waals surface area contributed by atoms with Gasteiger partial charge < -0.3 is 21.0 Å². The molecule has 5 rings (SSSR count). The number of carboxylic acid groups (broad SMARTS) is 1. The van der Waals surface area contributed by atoms with E-state index in [0.29, 0.717) is 23.7 Å². The quantitative estimate of drug-likeness (QED) is 0.178. The van der Waals surface area contributed by atoms with Crippen LogP contribution in [0.5, 0.6) is 0 Å². The number of thioether (sulfide) groups is 2. The molecule has 0 aromatic carbocycles. The zero-order chi connectivity index (χ0) is 24.0. The lowest BCUT2D eigenvalue weighted by Crippen LogP contribution is -2.71. The van der Waals surface area contributed by atoms with Crippen molar-refractivity contribution in [2.45, 2.75) is 29.8 Å². The van der Waals surface area contributed by atoms with Crippen LogP contribution in [-0.4, -0.2) is 77.7 Å². The third kappa shape index (κ3) is 3.90. The van der Waals surface area contributed by atoms with Crippen LogP contribution < -0.4 is 15.7 Å². The van der Waals surface area contributed by atoms with Crippen LogP contribution in [0.1, 0.15) is 5.69 Å². The molecule has 1 fully saturated rings. The van der Waals surface area contributed by atoms with Crippen LogP contribution >= 0.6 is 34.9 Å². The van der Waals surface area contributed by atoms with Crippen LogP contribution in [0.25, 0.3) is 0 Å². The number of hydrogen-bond acceptors (Lipinski definition) is 11. The molecule has 0 radical (unpaired) electrons. The van der Waals surface area contributed by atoms with Crippen molar-refractivity contribution in [3.63, 3.8) is 0 Å². The van der Waals surface area contributed by atoms with Crippen molar-refractivity contribution in [2.24, 2.45) is 5.16 Å². The minimum absolute atomic E-state index is 0.0259. The first-order valence-electron chi connectivity index (χ1n) is 9.98. The molecule has 34 heavy (non-hydrogen) atoms. The van der Waals surface area contributed by atoms with Crippen molar-refractivity contribution in [2.75, 3.05) is 18.6 Å². The molecule has 2 aromatic rings. The average molecular weight is 524 g/mol. The first-order chi connectivity index (χ1) is 16.4.